The number of hydrogen-bond donors (Lipinski definition) is 5. The predicted molar refractivity (Wildman–Crippen MR) is 117 cm³/mol. The van der Waals surface area contributed by atoms with Gasteiger partial charge in [0, 0.05) is 12.1 Å². The first-order valence-electron chi connectivity index (χ1n) is 9.57. The van der Waals surface area contributed by atoms with Gasteiger partial charge in [0.1, 0.15) is 17.1 Å². The van der Waals surface area contributed by atoms with E-state index in [0.717, 1.165) is 46.2 Å². The van der Waals surface area contributed by atoms with Crippen LogP contribution in [0.15, 0.2) is 42.7 Å². The number of aromatic amines is 1. The van der Waals surface area contributed by atoms with Crippen LogP contribution in [0.3, 0.4) is 0 Å². The van der Waals surface area contributed by atoms with Gasteiger partial charge in [0.2, 0.25) is 0 Å². The molecular weight excluding hydrogens is 370 g/mol. The van der Waals surface area contributed by atoms with Gasteiger partial charge in [-0.3, -0.25) is 15.7 Å². The first kappa shape index (κ1) is 18.8. The van der Waals surface area contributed by atoms with Crippen LogP contribution in [0.5, 0.6) is 0 Å². The Kier molecular flexibility index (Phi) is 5.78. The highest BCUT2D eigenvalue weighted by molar-refractivity contribution is 8.14. The minimum absolute atomic E-state index is 0.0914. The molecule has 8 heteroatoms. The van der Waals surface area contributed by atoms with Crippen molar-refractivity contribution in [2.45, 2.75) is 31.2 Å². The number of fused-ring (bicyclic) bond motifs is 1. The lowest BCUT2D eigenvalue weighted by atomic mass is 10.1. The zero-order chi connectivity index (χ0) is 19.3. The van der Waals surface area contributed by atoms with Crippen LogP contribution in [-0.4, -0.2) is 32.5 Å². The van der Waals surface area contributed by atoms with Crippen LogP contribution in [0.1, 0.15) is 25.7 Å². The maximum absolute atomic E-state index is 8.38. The van der Waals surface area contributed by atoms with Crippen molar-refractivity contribution in [3.63, 3.8) is 0 Å². The zero-order valence-corrected chi connectivity index (χ0v) is 16.6. The van der Waals surface area contributed by atoms with Crippen LogP contribution in [0.4, 0.5) is 17.3 Å². The first-order valence-corrected chi connectivity index (χ1v) is 10.5. The molecule has 0 bridgehead atoms. The number of nitrogens with zero attached hydrogens (tertiary/aromatic N) is 2. The summed E-state index contributed by atoms with van der Waals surface area (Å²) in [7, 11) is 1.90. The quantitative estimate of drug-likeness (QED) is 0.229. The van der Waals surface area contributed by atoms with Crippen molar-refractivity contribution in [1.82, 2.24) is 20.3 Å². The smallest absolute Gasteiger partial charge is 0.132 e. The van der Waals surface area contributed by atoms with Crippen LogP contribution in [0.25, 0.3) is 11.0 Å². The lowest BCUT2D eigenvalue weighted by Gasteiger charge is -2.20. The Morgan fingerprint density at radius 3 is 2.86 bits per heavy atom. The van der Waals surface area contributed by atoms with Gasteiger partial charge in [-0.2, -0.15) is 0 Å². The van der Waals surface area contributed by atoms with Crippen LogP contribution in [0, 0.1) is 11.3 Å². The van der Waals surface area contributed by atoms with E-state index in [1.54, 1.807) is 6.20 Å². The van der Waals surface area contributed by atoms with Crippen LogP contribution < -0.4 is 16.0 Å². The van der Waals surface area contributed by atoms with E-state index < -0.39 is 0 Å². The van der Waals surface area contributed by atoms with Gasteiger partial charge in [0.05, 0.1) is 28.0 Å². The fraction of sp³-hybridized carbons (Fsp3) is 0.350. The second kappa shape index (κ2) is 8.62. The van der Waals surface area contributed by atoms with E-state index in [-0.39, 0.29) is 5.50 Å². The summed E-state index contributed by atoms with van der Waals surface area (Å²) in [5, 5.41) is 19.0. The van der Waals surface area contributed by atoms with Crippen molar-refractivity contribution in [3.8, 4) is 0 Å². The van der Waals surface area contributed by atoms with Gasteiger partial charge in [0.15, 0.2) is 0 Å². The Morgan fingerprint density at radius 2 is 2.11 bits per heavy atom. The monoisotopic (exact) mass is 395 g/mol. The summed E-state index contributed by atoms with van der Waals surface area (Å²) < 4.78 is 0. The largest absolute Gasteiger partial charge is 0.348 e. The molecule has 0 saturated heterocycles. The van der Waals surface area contributed by atoms with Gasteiger partial charge < -0.3 is 15.6 Å². The summed E-state index contributed by atoms with van der Waals surface area (Å²) in [6, 6.07) is 9.77. The molecule has 1 saturated carbocycles. The van der Waals surface area contributed by atoms with E-state index in [9.17, 15) is 0 Å². The molecule has 3 aromatic heterocycles. The third-order valence-corrected chi connectivity index (χ3v) is 6.10. The van der Waals surface area contributed by atoms with Crippen LogP contribution in [0.2, 0.25) is 0 Å². The van der Waals surface area contributed by atoms with E-state index in [4.69, 9.17) is 10.4 Å². The lowest BCUT2D eigenvalue weighted by molar-refractivity contribution is 0.734. The second-order valence-corrected chi connectivity index (χ2v) is 8.09. The summed E-state index contributed by atoms with van der Waals surface area (Å²) in [6.07, 6.45) is 8.42. The van der Waals surface area contributed by atoms with Crippen molar-refractivity contribution in [2.24, 2.45) is 5.92 Å². The molecule has 0 aliphatic heterocycles. The molecule has 1 aliphatic rings. The molecule has 7 nitrogen and oxygen atoms in total. The number of aromatic nitrogens is 3. The molecule has 4 rings (SSSR count). The van der Waals surface area contributed by atoms with E-state index >= 15 is 0 Å². The second-order valence-electron chi connectivity index (χ2n) is 6.94. The number of pyridine rings is 2. The molecule has 3 heterocycles. The average Bonchev–Trinajstić information content (AvgIpc) is 3.41. The third-order valence-electron chi connectivity index (χ3n) is 4.93. The standard InChI is InChI=1S/C20H25N7S/c1-22-20(28-19(21)13-5-2-3-6-13)27-18-9-8-15-16(26-18)11-14(12-24-15)25-17-7-4-10-23-17/h4,7-13,20-23,25H,2-3,5-6H2,1H3,(H,26,27). The number of nitrogens with one attached hydrogen (secondary N) is 5. The third kappa shape index (κ3) is 4.45. The van der Waals surface area contributed by atoms with Gasteiger partial charge in [-0.1, -0.05) is 24.6 Å². The highest BCUT2D eigenvalue weighted by Crippen LogP contribution is 2.31. The molecule has 1 unspecified atom stereocenters. The van der Waals surface area contributed by atoms with Crippen molar-refractivity contribution in [2.75, 3.05) is 17.7 Å². The topological polar surface area (TPSA) is 102 Å². The number of thioether (sulfide) groups is 1. The van der Waals surface area contributed by atoms with Crippen molar-refractivity contribution in [1.29, 1.82) is 5.41 Å². The Morgan fingerprint density at radius 1 is 1.25 bits per heavy atom. The maximum Gasteiger partial charge on any atom is 0.132 e. The van der Waals surface area contributed by atoms with Crippen molar-refractivity contribution < 1.29 is 0 Å². The Hall–Kier alpha value is -2.58. The maximum atomic E-state index is 8.38. The first-order chi connectivity index (χ1) is 13.7. The van der Waals surface area contributed by atoms with E-state index in [1.165, 1.54) is 24.6 Å². The van der Waals surface area contributed by atoms with Gasteiger partial charge in [-0.25, -0.2) is 4.98 Å². The fourth-order valence-corrected chi connectivity index (χ4v) is 4.40. The molecule has 0 amide bonds. The molecule has 0 spiro atoms. The van der Waals surface area contributed by atoms with Crippen LogP contribution in [-0.2, 0) is 0 Å². The molecule has 1 aliphatic carbocycles. The Bertz CT molecular complexity index is 935. The number of anilines is 3. The van der Waals surface area contributed by atoms with E-state index in [1.807, 2.05) is 43.6 Å². The average molecular weight is 396 g/mol. The SMILES string of the molecule is CNC(Nc1ccc2ncc(Nc3ccc[nH]3)cc2n1)SC(=N)C1CCCC1. The minimum Gasteiger partial charge on any atom is -0.348 e. The van der Waals surface area contributed by atoms with E-state index in [2.05, 4.69) is 25.9 Å². The highest BCUT2D eigenvalue weighted by Gasteiger charge is 2.22. The molecule has 28 heavy (non-hydrogen) atoms. The molecule has 1 atom stereocenters. The molecule has 1 fully saturated rings. The van der Waals surface area contributed by atoms with Gasteiger partial charge in [0.25, 0.3) is 0 Å². The summed E-state index contributed by atoms with van der Waals surface area (Å²) >= 11 is 1.54. The summed E-state index contributed by atoms with van der Waals surface area (Å²) in [4.78, 5) is 12.3. The van der Waals surface area contributed by atoms with E-state index in [0.29, 0.717) is 5.92 Å². The molecule has 146 valence electrons. The number of rotatable bonds is 7. The predicted octanol–water partition coefficient (Wildman–Crippen LogP) is 4.52. The fourth-order valence-electron chi connectivity index (χ4n) is 3.42. The summed E-state index contributed by atoms with van der Waals surface area (Å²) in [6.45, 7) is 0. The molecular formula is C20H25N7S. The zero-order valence-electron chi connectivity index (χ0n) is 15.8. The molecule has 3 aromatic rings. The Labute approximate surface area is 168 Å². The highest BCUT2D eigenvalue weighted by atomic mass is 32.2. The van der Waals surface area contributed by atoms with Crippen molar-refractivity contribution in [3.05, 3.63) is 42.7 Å². The normalized spacial score (nSPS) is 15.6. The molecule has 0 aromatic carbocycles. The molecule has 5 N–H and O–H groups in total. The summed E-state index contributed by atoms with van der Waals surface area (Å²) in [5.74, 6) is 2.09. The summed E-state index contributed by atoms with van der Waals surface area (Å²) in [5.41, 5.74) is 2.44. The van der Waals surface area contributed by atoms with Gasteiger partial charge in [-0.15, -0.1) is 0 Å². The van der Waals surface area contributed by atoms with Crippen molar-refractivity contribution >= 4 is 45.2 Å². The number of hydrogen-bond acceptors (Lipinski definition) is 7. The number of H-pyrrole nitrogens is 1. The lowest BCUT2D eigenvalue weighted by Crippen LogP contribution is -2.32. The minimum atomic E-state index is -0.0914. The Balaban J connectivity index is 1.46. The van der Waals surface area contributed by atoms with Gasteiger partial charge in [-0.05, 0) is 50.2 Å². The van der Waals surface area contributed by atoms with Crippen LogP contribution >= 0.6 is 11.8 Å². The molecule has 0 radical (unpaired) electrons. The van der Waals surface area contributed by atoms with Gasteiger partial charge >= 0.3 is 0 Å².